The molecule has 2 aromatic carbocycles. The van der Waals surface area contributed by atoms with Crippen LogP contribution < -0.4 is 5.56 Å². The minimum absolute atomic E-state index is 0.0933. The molecule has 0 amide bonds. The van der Waals surface area contributed by atoms with Crippen molar-refractivity contribution in [2.75, 3.05) is 0 Å². The first-order chi connectivity index (χ1) is 11.0. The zero-order chi connectivity index (χ0) is 16.6. The summed E-state index contributed by atoms with van der Waals surface area (Å²) in [7, 11) is 0. The smallest absolute Gasteiger partial charge is 0.335 e. The van der Waals surface area contributed by atoms with Gasteiger partial charge in [-0.25, -0.2) is 4.79 Å². The van der Waals surface area contributed by atoms with E-state index >= 15 is 0 Å². The number of hydrogen-bond donors (Lipinski definition) is 1. The van der Waals surface area contributed by atoms with Crippen LogP contribution in [0.4, 0.5) is 0 Å². The Morgan fingerprint density at radius 1 is 1.04 bits per heavy atom. The van der Waals surface area contributed by atoms with E-state index in [0.717, 1.165) is 22.0 Å². The summed E-state index contributed by atoms with van der Waals surface area (Å²) in [4.78, 5) is 23.5. The van der Waals surface area contributed by atoms with E-state index in [1.165, 1.54) is 11.6 Å². The quantitative estimate of drug-likeness (QED) is 0.807. The molecule has 0 atom stereocenters. The van der Waals surface area contributed by atoms with Gasteiger partial charge in [0, 0.05) is 6.07 Å². The lowest BCUT2D eigenvalue weighted by atomic mass is 10.0. The Kier molecular flexibility index (Phi) is 3.74. The summed E-state index contributed by atoms with van der Waals surface area (Å²) in [6.07, 6.45) is 0. The van der Waals surface area contributed by atoms with E-state index in [4.69, 9.17) is 0 Å². The lowest BCUT2D eigenvalue weighted by molar-refractivity contribution is 0.0697. The molecule has 0 aliphatic heterocycles. The number of pyridine rings is 1. The summed E-state index contributed by atoms with van der Waals surface area (Å²) in [6.45, 7) is 4.31. The second kappa shape index (κ2) is 5.72. The summed E-state index contributed by atoms with van der Waals surface area (Å²) in [6, 6.07) is 14.4. The second-order valence-corrected chi connectivity index (χ2v) is 5.78. The summed E-state index contributed by atoms with van der Waals surface area (Å²) in [5, 5.41) is 9.94. The summed E-state index contributed by atoms with van der Waals surface area (Å²) < 4.78 is 1.70. The molecular formula is C19H17NO3. The summed E-state index contributed by atoms with van der Waals surface area (Å²) in [5.74, 6) is -0.966. The van der Waals surface area contributed by atoms with Crippen LogP contribution in [0, 0.1) is 13.8 Å². The van der Waals surface area contributed by atoms with E-state index in [1.54, 1.807) is 22.8 Å². The first-order valence-corrected chi connectivity index (χ1v) is 7.39. The van der Waals surface area contributed by atoms with Crippen LogP contribution in [-0.4, -0.2) is 15.6 Å². The van der Waals surface area contributed by atoms with Gasteiger partial charge >= 0.3 is 5.97 Å². The van der Waals surface area contributed by atoms with E-state index in [0.29, 0.717) is 6.54 Å². The second-order valence-electron chi connectivity index (χ2n) is 5.78. The molecule has 0 fully saturated rings. The molecule has 0 aliphatic carbocycles. The highest BCUT2D eigenvalue weighted by Crippen LogP contribution is 2.20. The van der Waals surface area contributed by atoms with Gasteiger partial charge in [0.05, 0.1) is 17.6 Å². The van der Waals surface area contributed by atoms with Gasteiger partial charge in [-0.1, -0.05) is 29.8 Å². The third-order valence-electron chi connectivity index (χ3n) is 3.98. The van der Waals surface area contributed by atoms with Crippen molar-refractivity contribution in [3.8, 4) is 0 Å². The number of aromatic nitrogens is 1. The van der Waals surface area contributed by atoms with Crippen LogP contribution in [0.1, 0.15) is 27.0 Å². The molecule has 0 aliphatic rings. The molecule has 0 radical (unpaired) electrons. The van der Waals surface area contributed by atoms with Gasteiger partial charge in [0.1, 0.15) is 0 Å². The van der Waals surface area contributed by atoms with Crippen LogP contribution >= 0.6 is 0 Å². The van der Waals surface area contributed by atoms with E-state index in [9.17, 15) is 14.7 Å². The van der Waals surface area contributed by atoms with Crippen LogP contribution in [0.3, 0.4) is 0 Å². The van der Waals surface area contributed by atoms with Gasteiger partial charge in [-0.2, -0.15) is 0 Å². The molecule has 116 valence electrons. The molecule has 0 saturated heterocycles. The summed E-state index contributed by atoms with van der Waals surface area (Å²) >= 11 is 0. The zero-order valence-electron chi connectivity index (χ0n) is 13.0. The molecule has 4 heteroatoms. The standard InChI is InChI=1S/C19H17NO3/c1-12-3-5-14(6-4-12)11-20-17(21)8-7-15-10-16(19(22)23)9-13(2)18(15)20/h3-10H,11H2,1-2H3,(H,22,23). The molecule has 23 heavy (non-hydrogen) atoms. The van der Waals surface area contributed by atoms with Crippen molar-refractivity contribution in [3.63, 3.8) is 0 Å². The maximum atomic E-state index is 12.3. The fraction of sp³-hybridized carbons (Fsp3) is 0.158. The predicted molar refractivity (Wildman–Crippen MR) is 90.2 cm³/mol. The number of aryl methyl sites for hydroxylation is 2. The highest BCUT2D eigenvalue weighted by atomic mass is 16.4. The van der Waals surface area contributed by atoms with Gasteiger partial charge in [0.2, 0.25) is 0 Å². The average molecular weight is 307 g/mol. The van der Waals surface area contributed by atoms with E-state index < -0.39 is 5.97 Å². The van der Waals surface area contributed by atoms with Crippen molar-refractivity contribution >= 4 is 16.9 Å². The number of carboxylic acids is 1. The Balaban J connectivity index is 2.19. The minimum Gasteiger partial charge on any atom is -0.478 e. The number of hydrogen-bond acceptors (Lipinski definition) is 2. The van der Waals surface area contributed by atoms with E-state index in [2.05, 4.69) is 0 Å². The summed E-state index contributed by atoms with van der Waals surface area (Å²) in [5.41, 5.74) is 3.90. The first-order valence-electron chi connectivity index (χ1n) is 7.39. The van der Waals surface area contributed by atoms with Crippen molar-refractivity contribution in [2.45, 2.75) is 20.4 Å². The number of benzene rings is 2. The molecule has 1 heterocycles. The molecule has 3 rings (SSSR count). The van der Waals surface area contributed by atoms with Gasteiger partial charge < -0.3 is 9.67 Å². The SMILES string of the molecule is Cc1ccc(Cn2c(=O)ccc3cc(C(=O)O)cc(C)c32)cc1. The lowest BCUT2D eigenvalue weighted by Gasteiger charge is -2.13. The third kappa shape index (κ3) is 2.88. The molecule has 0 bridgehead atoms. The molecule has 4 nitrogen and oxygen atoms in total. The minimum atomic E-state index is -0.966. The van der Waals surface area contributed by atoms with Gasteiger partial charge in [0.25, 0.3) is 5.56 Å². The number of aromatic carboxylic acids is 1. The van der Waals surface area contributed by atoms with Crippen molar-refractivity contribution in [2.24, 2.45) is 0 Å². The van der Waals surface area contributed by atoms with Crippen LogP contribution in [0.5, 0.6) is 0 Å². The molecule has 0 spiro atoms. The Morgan fingerprint density at radius 2 is 1.74 bits per heavy atom. The third-order valence-corrected chi connectivity index (χ3v) is 3.98. The monoisotopic (exact) mass is 307 g/mol. The van der Waals surface area contributed by atoms with Crippen molar-refractivity contribution < 1.29 is 9.90 Å². The van der Waals surface area contributed by atoms with Crippen molar-refractivity contribution in [1.29, 1.82) is 0 Å². The van der Waals surface area contributed by atoms with Crippen molar-refractivity contribution in [3.05, 3.63) is 81.1 Å². The first kappa shape index (κ1) is 15.0. The Labute approximate surface area is 133 Å². The van der Waals surface area contributed by atoms with Gasteiger partial charge in [-0.05, 0) is 48.6 Å². The number of rotatable bonds is 3. The predicted octanol–water partition coefficient (Wildman–Crippen LogP) is 3.36. The number of fused-ring (bicyclic) bond motifs is 1. The molecular weight excluding hydrogens is 290 g/mol. The number of carbonyl (C=O) groups is 1. The van der Waals surface area contributed by atoms with Crippen LogP contribution in [-0.2, 0) is 6.54 Å². The number of nitrogens with zero attached hydrogens (tertiary/aromatic N) is 1. The van der Waals surface area contributed by atoms with Crippen LogP contribution in [0.15, 0.2) is 53.3 Å². The fourth-order valence-electron chi connectivity index (χ4n) is 2.82. The van der Waals surface area contributed by atoms with Gasteiger partial charge in [-0.15, -0.1) is 0 Å². The van der Waals surface area contributed by atoms with E-state index in [-0.39, 0.29) is 11.1 Å². The van der Waals surface area contributed by atoms with Gasteiger partial charge in [0.15, 0.2) is 0 Å². The maximum absolute atomic E-state index is 12.3. The Morgan fingerprint density at radius 3 is 2.39 bits per heavy atom. The van der Waals surface area contributed by atoms with Crippen LogP contribution in [0.2, 0.25) is 0 Å². The van der Waals surface area contributed by atoms with E-state index in [1.807, 2.05) is 38.1 Å². The number of carboxylic acid groups (broad SMARTS) is 1. The lowest BCUT2D eigenvalue weighted by Crippen LogP contribution is -2.20. The highest BCUT2D eigenvalue weighted by molar-refractivity contribution is 5.94. The largest absolute Gasteiger partial charge is 0.478 e. The molecule has 0 saturated carbocycles. The van der Waals surface area contributed by atoms with Crippen molar-refractivity contribution in [1.82, 2.24) is 4.57 Å². The normalized spacial score (nSPS) is 10.9. The average Bonchev–Trinajstić information content (AvgIpc) is 2.51. The topological polar surface area (TPSA) is 59.3 Å². The zero-order valence-corrected chi connectivity index (χ0v) is 13.0. The maximum Gasteiger partial charge on any atom is 0.335 e. The molecule has 0 unspecified atom stereocenters. The molecule has 1 N–H and O–H groups in total. The van der Waals surface area contributed by atoms with Gasteiger partial charge in [-0.3, -0.25) is 4.79 Å². The Hall–Kier alpha value is -2.88. The van der Waals surface area contributed by atoms with Crippen LogP contribution in [0.25, 0.3) is 10.9 Å². The molecule has 1 aromatic heterocycles. The highest BCUT2D eigenvalue weighted by Gasteiger charge is 2.11. The molecule has 3 aromatic rings. The fourth-order valence-corrected chi connectivity index (χ4v) is 2.82. The Bertz CT molecular complexity index is 953.